The number of hydrogen-bond donors (Lipinski definition) is 0. The monoisotopic (exact) mass is 332 g/mol. The average molecular weight is 332 g/mol. The third-order valence-corrected chi connectivity index (χ3v) is 3.36. The number of para-hydroxylation sites is 1. The molecule has 0 saturated carbocycles. The molecule has 0 atom stereocenters. The predicted octanol–water partition coefficient (Wildman–Crippen LogP) is 2.54. The Bertz CT molecular complexity index is 787. The van der Waals surface area contributed by atoms with E-state index >= 15 is 0 Å². The number of esters is 2. The van der Waals surface area contributed by atoms with Crippen molar-refractivity contribution in [2.45, 2.75) is 13.5 Å². The molecule has 1 aromatic heterocycles. The third-order valence-electron chi connectivity index (χ3n) is 3.36. The standard InChI is InChI=1S/C17H16O7/c1-2-21-17(19)15-12(11-5-3-4-6-13(11)24-15)9-23-16(18)14-10-20-7-8-22-14/h3-6,10H,2,7-9H2,1H3. The van der Waals surface area contributed by atoms with Gasteiger partial charge in [0, 0.05) is 5.39 Å². The lowest BCUT2D eigenvalue weighted by Crippen LogP contribution is -2.17. The van der Waals surface area contributed by atoms with Gasteiger partial charge in [-0.15, -0.1) is 0 Å². The van der Waals surface area contributed by atoms with E-state index < -0.39 is 11.9 Å². The molecule has 3 rings (SSSR count). The van der Waals surface area contributed by atoms with Crippen LogP contribution >= 0.6 is 0 Å². The van der Waals surface area contributed by atoms with Gasteiger partial charge < -0.3 is 23.4 Å². The highest BCUT2D eigenvalue weighted by Gasteiger charge is 2.24. The molecule has 1 aliphatic heterocycles. The molecule has 0 bridgehead atoms. The molecule has 2 aromatic rings. The number of fused-ring (bicyclic) bond motifs is 1. The molecule has 126 valence electrons. The molecular formula is C17H16O7. The summed E-state index contributed by atoms with van der Waals surface area (Å²) in [6.45, 7) is 2.44. The molecule has 0 unspecified atom stereocenters. The van der Waals surface area contributed by atoms with Gasteiger partial charge in [-0.25, -0.2) is 9.59 Å². The Morgan fingerprint density at radius 3 is 2.71 bits per heavy atom. The van der Waals surface area contributed by atoms with Crippen LogP contribution in [0.3, 0.4) is 0 Å². The van der Waals surface area contributed by atoms with Crippen molar-refractivity contribution in [3.8, 4) is 0 Å². The van der Waals surface area contributed by atoms with Gasteiger partial charge in [-0.05, 0) is 13.0 Å². The van der Waals surface area contributed by atoms with Crippen molar-refractivity contribution in [1.82, 2.24) is 0 Å². The van der Waals surface area contributed by atoms with Crippen molar-refractivity contribution >= 4 is 22.9 Å². The fraction of sp³-hybridized carbons (Fsp3) is 0.294. The first-order valence-electron chi connectivity index (χ1n) is 7.50. The lowest BCUT2D eigenvalue weighted by molar-refractivity contribution is -0.145. The second-order valence-corrected chi connectivity index (χ2v) is 4.90. The first kappa shape index (κ1) is 15.9. The number of furan rings is 1. The van der Waals surface area contributed by atoms with Gasteiger partial charge in [-0.2, -0.15) is 0 Å². The first-order chi connectivity index (χ1) is 11.7. The van der Waals surface area contributed by atoms with Crippen molar-refractivity contribution in [3.05, 3.63) is 47.6 Å². The Morgan fingerprint density at radius 1 is 1.12 bits per heavy atom. The summed E-state index contributed by atoms with van der Waals surface area (Å²) in [4.78, 5) is 24.1. The smallest absolute Gasteiger partial charge is 0.377 e. The van der Waals surface area contributed by atoms with E-state index in [9.17, 15) is 9.59 Å². The Balaban J connectivity index is 1.84. The maximum Gasteiger partial charge on any atom is 0.377 e. The van der Waals surface area contributed by atoms with Crippen LogP contribution in [0.4, 0.5) is 0 Å². The molecule has 0 saturated heterocycles. The van der Waals surface area contributed by atoms with Gasteiger partial charge in [0.05, 0.1) is 12.2 Å². The second kappa shape index (κ2) is 7.08. The van der Waals surface area contributed by atoms with Crippen LogP contribution in [0.15, 0.2) is 40.7 Å². The van der Waals surface area contributed by atoms with Crippen molar-refractivity contribution in [2.24, 2.45) is 0 Å². The molecule has 2 heterocycles. The van der Waals surface area contributed by atoms with Crippen LogP contribution < -0.4 is 0 Å². The number of ether oxygens (including phenoxy) is 4. The maximum absolute atomic E-state index is 12.1. The fourth-order valence-electron chi connectivity index (χ4n) is 2.29. The van der Waals surface area contributed by atoms with Gasteiger partial charge >= 0.3 is 11.9 Å². The minimum Gasteiger partial charge on any atom is -0.493 e. The zero-order valence-corrected chi connectivity index (χ0v) is 13.1. The topological polar surface area (TPSA) is 84.2 Å². The van der Waals surface area contributed by atoms with Crippen LogP contribution in [0.1, 0.15) is 23.0 Å². The predicted molar refractivity (Wildman–Crippen MR) is 82.0 cm³/mol. The first-order valence-corrected chi connectivity index (χ1v) is 7.50. The summed E-state index contributed by atoms with van der Waals surface area (Å²) < 4.78 is 26.0. The Morgan fingerprint density at radius 2 is 1.96 bits per heavy atom. The summed E-state index contributed by atoms with van der Waals surface area (Å²) in [6, 6.07) is 7.10. The summed E-state index contributed by atoms with van der Waals surface area (Å²) in [7, 11) is 0. The lowest BCUT2D eigenvalue weighted by Gasteiger charge is -2.14. The Hall–Kier alpha value is -2.96. The summed E-state index contributed by atoms with van der Waals surface area (Å²) in [5, 5.41) is 0.683. The quantitative estimate of drug-likeness (QED) is 0.778. The van der Waals surface area contributed by atoms with Crippen LogP contribution in [0.2, 0.25) is 0 Å². The number of benzene rings is 1. The zero-order chi connectivity index (χ0) is 16.9. The average Bonchev–Trinajstić information content (AvgIpc) is 2.99. The number of hydrogen-bond acceptors (Lipinski definition) is 7. The number of rotatable bonds is 5. The molecule has 1 aromatic carbocycles. The summed E-state index contributed by atoms with van der Waals surface area (Å²) >= 11 is 0. The summed E-state index contributed by atoms with van der Waals surface area (Å²) in [5.41, 5.74) is 0.970. The molecule has 0 radical (unpaired) electrons. The van der Waals surface area contributed by atoms with E-state index in [0.717, 1.165) is 0 Å². The molecule has 0 amide bonds. The van der Waals surface area contributed by atoms with E-state index in [1.807, 2.05) is 0 Å². The van der Waals surface area contributed by atoms with Crippen LogP contribution in [-0.2, 0) is 30.3 Å². The number of carbonyl (C=O) groups is 2. The van der Waals surface area contributed by atoms with Crippen LogP contribution in [0.5, 0.6) is 0 Å². The summed E-state index contributed by atoms with van der Waals surface area (Å²) in [5.74, 6) is -1.25. The SMILES string of the molecule is CCOC(=O)c1oc2ccccc2c1COC(=O)C1=COCCO1. The molecule has 0 N–H and O–H groups in total. The Labute approximate surface area is 137 Å². The van der Waals surface area contributed by atoms with Crippen molar-refractivity contribution in [2.75, 3.05) is 19.8 Å². The highest BCUT2D eigenvalue weighted by Crippen LogP contribution is 2.27. The van der Waals surface area contributed by atoms with Gasteiger partial charge in [-0.3, -0.25) is 0 Å². The molecule has 0 aliphatic carbocycles. The maximum atomic E-state index is 12.1. The molecule has 1 aliphatic rings. The fourth-order valence-corrected chi connectivity index (χ4v) is 2.29. The summed E-state index contributed by atoms with van der Waals surface area (Å²) in [6.07, 6.45) is 1.21. The molecule has 0 fully saturated rings. The zero-order valence-electron chi connectivity index (χ0n) is 13.1. The lowest BCUT2D eigenvalue weighted by atomic mass is 10.1. The highest BCUT2D eigenvalue weighted by molar-refractivity contribution is 5.96. The molecule has 7 heteroatoms. The minimum atomic E-state index is -0.671. The normalized spacial score (nSPS) is 13.6. The van der Waals surface area contributed by atoms with Crippen molar-refractivity contribution < 1.29 is 33.0 Å². The number of carbonyl (C=O) groups excluding carboxylic acids is 2. The van der Waals surface area contributed by atoms with E-state index in [-0.39, 0.29) is 31.3 Å². The molecular weight excluding hydrogens is 316 g/mol. The largest absolute Gasteiger partial charge is 0.493 e. The minimum absolute atomic E-state index is 0.00765. The van der Waals surface area contributed by atoms with Crippen molar-refractivity contribution in [1.29, 1.82) is 0 Å². The van der Waals surface area contributed by atoms with E-state index in [1.165, 1.54) is 6.26 Å². The van der Waals surface area contributed by atoms with E-state index in [2.05, 4.69) is 0 Å². The molecule has 0 spiro atoms. The van der Waals surface area contributed by atoms with E-state index in [1.54, 1.807) is 31.2 Å². The van der Waals surface area contributed by atoms with Crippen molar-refractivity contribution in [3.63, 3.8) is 0 Å². The molecule has 24 heavy (non-hydrogen) atoms. The van der Waals surface area contributed by atoms with Gasteiger partial charge in [0.1, 0.15) is 31.7 Å². The van der Waals surface area contributed by atoms with Gasteiger partial charge in [-0.1, -0.05) is 18.2 Å². The van der Waals surface area contributed by atoms with Crippen LogP contribution in [0.25, 0.3) is 11.0 Å². The third kappa shape index (κ3) is 3.19. The van der Waals surface area contributed by atoms with Gasteiger partial charge in [0.2, 0.25) is 11.5 Å². The Kier molecular flexibility index (Phi) is 4.69. The molecule has 7 nitrogen and oxygen atoms in total. The highest BCUT2D eigenvalue weighted by atomic mass is 16.6. The van der Waals surface area contributed by atoms with E-state index in [0.29, 0.717) is 23.1 Å². The van der Waals surface area contributed by atoms with Gasteiger partial charge in [0.15, 0.2) is 0 Å². The van der Waals surface area contributed by atoms with Crippen LogP contribution in [0, 0.1) is 0 Å². The van der Waals surface area contributed by atoms with E-state index in [4.69, 9.17) is 23.4 Å². The second-order valence-electron chi connectivity index (χ2n) is 4.90. The van der Waals surface area contributed by atoms with Crippen LogP contribution in [-0.4, -0.2) is 31.8 Å². The van der Waals surface area contributed by atoms with Gasteiger partial charge in [0.25, 0.3) is 0 Å².